The van der Waals surface area contributed by atoms with Gasteiger partial charge in [0.2, 0.25) is 0 Å². The molecule has 0 aromatic heterocycles. The molecule has 0 heterocycles. The predicted molar refractivity (Wildman–Crippen MR) is 133 cm³/mol. The van der Waals surface area contributed by atoms with E-state index in [1.165, 1.54) is 70.6 Å². The molecule has 0 spiro atoms. The summed E-state index contributed by atoms with van der Waals surface area (Å²) in [7, 11) is -1.11. The first kappa shape index (κ1) is 28.8. The van der Waals surface area contributed by atoms with Gasteiger partial charge in [-0.3, -0.25) is 0 Å². The van der Waals surface area contributed by atoms with Crippen LogP contribution in [0.4, 0.5) is 0 Å². The van der Waals surface area contributed by atoms with Crippen LogP contribution in [0, 0.1) is 5.92 Å². The van der Waals surface area contributed by atoms with Crippen molar-refractivity contribution in [3.05, 3.63) is 0 Å². The third kappa shape index (κ3) is 11.2. The van der Waals surface area contributed by atoms with Gasteiger partial charge < -0.3 is 4.74 Å². The summed E-state index contributed by atoms with van der Waals surface area (Å²) in [5.74, 6) is 1.13. The van der Waals surface area contributed by atoms with E-state index in [-0.39, 0.29) is 10.1 Å². The second-order valence-electron chi connectivity index (χ2n) is 9.67. The molecule has 1 nitrogen and oxygen atoms in total. The van der Waals surface area contributed by atoms with Gasteiger partial charge in [0.05, 0.1) is 25.5 Å². The van der Waals surface area contributed by atoms with Crippen LogP contribution in [0.2, 0.25) is 13.1 Å². The average Bonchev–Trinajstić information content (AvgIpc) is 2.63. The minimum absolute atomic E-state index is 0.203. The summed E-state index contributed by atoms with van der Waals surface area (Å²) in [5, 5.41) is 0. The van der Waals surface area contributed by atoms with E-state index in [9.17, 15) is 0 Å². The topological polar surface area (TPSA) is 9.23 Å². The van der Waals surface area contributed by atoms with Crippen LogP contribution in [-0.4, -0.2) is 31.4 Å². The average molecular weight is 454 g/mol. The van der Waals surface area contributed by atoms with Crippen molar-refractivity contribution >= 4 is 32.0 Å². The normalized spacial score (nSPS) is 16.5. The number of hydrogen-bond acceptors (Lipinski definition) is 1. The van der Waals surface area contributed by atoms with Crippen LogP contribution in [0.15, 0.2) is 0 Å². The molecular weight excluding hydrogens is 403 g/mol. The van der Waals surface area contributed by atoms with Crippen LogP contribution in [0.25, 0.3) is 0 Å². The Hall–Kier alpha value is 0.757. The molecule has 0 aromatic carbocycles. The van der Waals surface area contributed by atoms with Crippen LogP contribution < -0.4 is 0 Å². The molecule has 4 heteroatoms. The Morgan fingerprint density at radius 2 is 1.32 bits per heavy atom. The Balaban J connectivity index is 4.37. The summed E-state index contributed by atoms with van der Waals surface area (Å²) in [4.78, 5) is 0. The van der Waals surface area contributed by atoms with Gasteiger partial charge in [-0.15, -0.1) is 23.2 Å². The van der Waals surface area contributed by atoms with Crippen LogP contribution in [0.3, 0.4) is 0 Å². The Labute approximate surface area is 189 Å². The lowest BCUT2D eigenvalue weighted by atomic mass is 9.88. The molecule has 28 heavy (non-hydrogen) atoms. The van der Waals surface area contributed by atoms with Crippen molar-refractivity contribution in [2.45, 2.75) is 134 Å². The molecule has 0 fully saturated rings. The van der Waals surface area contributed by atoms with E-state index in [1.807, 2.05) is 0 Å². The lowest BCUT2D eigenvalue weighted by molar-refractivity contribution is -0.0495. The molecule has 0 rings (SSSR count). The molecule has 0 aliphatic heterocycles. The second-order valence-corrected chi connectivity index (χ2v) is 14.4. The SMILES string of the molecule is CCCCCCCCCCCCCC(C)(OCCCl)C(Cl)(CC(C)C)[SiH](C)C. The molecule has 2 atom stereocenters. The minimum atomic E-state index is -1.11. The first-order valence-electron chi connectivity index (χ1n) is 12.1. The summed E-state index contributed by atoms with van der Waals surface area (Å²) in [6, 6.07) is 0. The van der Waals surface area contributed by atoms with E-state index in [4.69, 9.17) is 27.9 Å². The number of unbranched alkanes of at least 4 members (excludes halogenated alkanes) is 10. The number of rotatable bonds is 19. The summed E-state index contributed by atoms with van der Waals surface area (Å²) in [5.41, 5.74) is -0.257. The Morgan fingerprint density at radius 3 is 1.71 bits per heavy atom. The van der Waals surface area contributed by atoms with E-state index >= 15 is 0 Å². The van der Waals surface area contributed by atoms with E-state index < -0.39 is 8.80 Å². The van der Waals surface area contributed by atoms with Gasteiger partial charge in [0, 0.05) is 5.88 Å². The molecule has 0 saturated heterocycles. The van der Waals surface area contributed by atoms with Gasteiger partial charge in [-0.2, -0.15) is 0 Å². The molecule has 2 unspecified atom stereocenters. The van der Waals surface area contributed by atoms with Crippen molar-refractivity contribution in [1.82, 2.24) is 0 Å². The zero-order valence-electron chi connectivity index (χ0n) is 19.9. The minimum Gasteiger partial charge on any atom is -0.373 e. The van der Waals surface area contributed by atoms with E-state index in [2.05, 4.69) is 40.8 Å². The largest absolute Gasteiger partial charge is 0.373 e. The lowest BCUT2D eigenvalue weighted by Gasteiger charge is -2.48. The smallest absolute Gasteiger partial charge is 0.0815 e. The third-order valence-corrected chi connectivity index (χ3v) is 10.9. The van der Waals surface area contributed by atoms with Crippen LogP contribution in [-0.2, 0) is 4.74 Å². The molecular formula is C24H50Cl2OSi. The molecule has 0 radical (unpaired) electrons. The molecule has 0 amide bonds. The molecule has 0 N–H and O–H groups in total. The van der Waals surface area contributed by atoms with Crippen LogP contribution >= 0.6 is 23.2 Å². The van der Waals surface area contributed by atoms with Gasteiger partial charge in [-0.1, -0.05) is 104 Å². The standard InChI is InChI=1S/C24H50Cl2OSi/c1-7-8-9-10-11-12-13-14-15-16-17-18-23(4,27-20-19-25)24(26,28(5)6)21-22(2)3/h22,28H,7-21H2,1-6H3. The molecule has 0 bridgehead atoms. The molecule has 0 aliphatic carbocycles. The fourth-order valence-corrected chi connectivity index (χ4v) is 7.37. The van der Waals surface area contributed by atoms with Gasteiger partial charge in [0.15, 0.2) is 0 Å². The Morgan fingerprint density at radius 1 is 0.857 bits per heavy atom. The maximum atomic E-state index is 7.34. The van der Waals surface area contributed by atoms with Crippen molar-refractivity contribution in [2.24, 2.45) is 5.92 Å². The van der Waals surface area contributed by atoms with E-state index in [0.717, 1.165) is 12.8 Å². The number of ether oxygens (including phenoxy) is 1. The highest BCUT2D eigenvalue weighted by Crippen LogP contribution is 2.43. The van der Waals surface area contributed by atoms with Crippen molar-refractivity contribution < 1.29 is 4.74 Å². The fourth-order valence-electron chi connectivity index (χ4n) is 4.45. The van der Waals surface area contributed by atoms with E-state index in [0.29, 0.717) is 18.4 Å². The number of alkyl halides is 2. The van der Waals surface area contributed by atoms with Crippen molar-refractivity contribution in [2.75, 3.05) is 12.5 Å². The Bertz CT molecular complexity index is 365. The molecule has 0 saturated carbocycles. The summed E-state index contributed by atoms with van der Waals surface area (Å²) in [6.45, 7) is 14.4. The van der Waals surface area contributed by atoms with Gasteiger partial charge in [-0.25, -0.2) is 0 Å². The van der Waals surface area contributed by atoms with Gasteiger partial charge >= 0.3 is 0 Å². The maximum absolute atomic E-state index is 7.34. The highest BCUT2D eigenvalue weighted by atomic mass is 35.5. The van der Waals surface area contributed by atoms with Crippen LogP contribution in [0.5, 0.6) is 0 Å². The third-order valence-electron chi connectivity index (χ3n) is 6.25. The van der Waals surface area contributed by atoms with Crippen molar-refractivity contribution in [3.63, 3.8) is 0 Å². The zero-order valence-corrected chi connectivity index (χ0v) is 22.6. The monoisotopic (exact) mass is 452 g/mol. The quantitative estimate of drug-likeness (QED) is 0.108. The molecule has 0 aliphatic rings. The molecule has 0 aromatic rings. The maximum Gasteiger partial charge on any atom is 0.0815 e. The van der Waals surface area contributed by atoms with E-state index in [1.54, 1.807) is 0 Å². The van der Waals surface area contributed by atoms with Crippen molar-refractivity contribution in [1.29, 1.82) is 0 Å². The molecule has 170 valence electrons. The number of hydrogen-bond donors (Lipinski definition) is 0. The summed E-state index contributed by atoms with van der Waals surface area (Å²) >= 11 is 13.3. The summed E-state index contributed by atoms with van der Waals surface area (Å²) < 4.78 is 6.17. The number of halogens is 2. The van der Waals surface area contributed by atoms with Gasteiger partial charge in [-0.05, 0) is 25.7 Å². The first-order chi connectivity index (χ1) is 13.2. The summed E-state index contributed by atoms with van der Waals surface area (Å²) in [6.07, 6.45) is 17.2. The lowest BCUT2D eigenvalue weighted by Crippen LogP contribution is -2.58. The highest BCUT2D eigenvalue weighted by Gasteiger charge is 2.50. The highest BCUT2D eigenvalue weighted by molar-refractivity contribution is 6.70. The second kappa shape index (κ2) is 16.4. The van der Waals surface area contributed by atoms with Crippen LogP contribution in [0.1, 0.15) is 111 Å². The fraction of sp³-hybridized carbons (Fsp3) is 1.00. The zero-order chi connectivity index (χ0) is 21.5. The first-order valence-corrected chi connectivity index (χ1v) is 15.9. The Kier molecular flexibility index (Phi) is 16.9. The van der Waals surface area contributed by atoms with Crippen molar-refractivity contribution in [3.8, 4) is 0 Å². The van der Waals surface area contributed by atoms with Gasteiger partial charge in [0.25, 0.3) is 0 Å². The predicted octanol–water partition coefficient (Wildman–Crippen LogP) is 8.75. The van der Waals surface area contributed by atoms with Gasteiger partial charge in [0.1, 0.15) is 0 Å².